The van der Waals surface area contributed by atoms with Gasteiger partial charge in [0.1, 0.15) is 12.4 Å². The Labute approximate surface area is 128 Å². The van der Waals surface area contributed by atoms with E-state index in [0.717, 1.165) is 25.1 Å². The molecular weight excluding hydrogens is 258 g/mol. The molecule has 2 nitrogen and oxygen atoms in total. The van der Waals surface area contributed by atoms with Crippen molar-refractivity contribution in [2.75, 3.05) is 6.54 Å². The molecule has 0 spiro atoms. The lowest BCUT2D eigenvalue weighted by molar-refractivity contribution is 0.298. The van der Waals surface area contributed by atoms with Crippen molar-refractivity contribution in [3.05, 3.63) is 65.7 Å². The topological polar surface area (TPSA) is 21.3 Å². The van der Waals surface area contributed by atoms with E-state index in [4.69, 9.17) is 4.74 Å². The molecule has 0 saturated heterocycles. The number of para-hydroxylation sites is 1. The largest absolute Gasteiger partial charge is 0.489 e. The third-order valence-corrected chi connectivity index (χ3v) is 3.58. The Hall–Kier alpha value is -1.80. The number of rotatable bonds is 8. The number of nitrogens with one attached hydrogen (secondary N) is 1. The molecule has 2 heteroatoms. The first kappa shape index (κ1) is 15.6. The van der Waals surface area contributed by atoms with Gasteiger partial charge in [0.25, 0.3) is 0 Å². The van der Waals surface area contributed by atoms with E-state index in [1.54, 1.807) is 0 Å². The maximum Gasteiger partial charge on any atom is 0.124 e. The van der Waals surface area contributed by atoms with Crippen LogP contribution in [-0.2, 0) is 6.61 Å². The Morgan fingerprint density at radius 3 is 2.38 bits per heavy atom. The van der Waals surface area contributed by atoms with E-state index in [1.807, 2.05) is 24.3 Å². The fraction of sp³-hybridized carbons (Fsp3) is 0.368. The van der Waals surface area contributed by atoms with Gasteiger partial charge in [-0.15, -0.1) is 0 Å². The Morgan fingerprint density at radius 1 is 0.952 bits per heavy atom. The molecule has 0 saturated carbocycles. The zero-order chi connectivity index (χ0) is 14.9. The maximum absolute atomic E-state index is 6.05. The molecule has 0 fully saturated rings. The van der Waals surface area contributed by atoms with Crippen molar-refractivity contribution in [2.45, 2.75) is 39.3 Å². The molecular formula is C19H25NO. The van der Waals surface area contributed by atoms with Gasteiger partial charge in [-0.3, -0.25) is 0 Å². The second-order valence-electron chi connectivity index (χ2n) is 5.23. The summed E-state index contributed by atoms with van der Waals surface area (Å²) < 4.78 is 6.05. The minimum Gasteiger partial charge on any atom is -0.489 e. The SMILES string of the molecule is CCCNC(CC)c1ccccc1OCc1ccccc1. The van der Waals surface area contributed by atoms with Crippen molar-refractivity contribution in [1.82, 2.24) is 5.32 Å². The van der Waals surface area contributed by atoms with Crippen LogP contribution in [0.25, 0.3) is 0 Å². The summed E-state index contributed by atoms with van der Waals surface area (Å²) >= 11 is 0. The van der Waals surface area contributed by atoms with E-state index in [2.05, 4.69) is 49.5 Å². The van der Waals surface area contributed by atoms with Gasteiger partial charge in [0.2, 0.25) is 0 Å². The highest BCUT2D eigenvalue weighted by Gasteiger charge is 2.13. The van der Waals surface area contributed by atoms with Crippen LogP contribution >= 0.6 is 0 Å². The summed E-state index contributed by atoms with van der Waals surface area (Å²) in [7, 11) is 0. The van der Waals surface area contributed by atoms with E-state index in [1.165, 1.54) is 11.1 Å². The van der Waals surface area contributed by atoms with Crippen LogP contribution in [0.1, 0.15) is 43.9 Å². The lowest BCUT2D eigenvalue weighted by atomic mass is 10.0. The Balaban J connectivity index is 2.08. The van der Waals surface area contributed by atoms with Gasteiger partial charge in [-0.2, -0.15) is 0 Å². The highest BCUT2D eigenvalue weighted by Crippen LogP contribution is 2.27. The zero-order valence-corrected chi connectivity index (χ0v) is 13.0. The van der Waals surface area contributed by atoms with Crippen molar-refractivity contribution in [1.29, 1.82) is 0 Å². The van der Waals surface area contributed by atoms with E-state index in [9.17, 15) is 0 Å². The average Bonchev–Trinajstić information content (AvgIpc) is 2.55. The van der Waals surface area contributed by atoms with Crippen molar-refractivity contribution in [3.63, 3.8) is 0 Å². The van der Waals surface area contributed by atoms with Crippen molar-refractivity contribution in [3.8, 4) is 5.75 Å². The van der Waals surface area contributed by atoms with Gasteiger partial charge in [0.05, 0.1) is 0 Å². The second-order valence-corrected chi connectivity index (χ2v) is 5.23. The molecule has 0 radical (unpaired) electrons. The summed E-state index contributed by atoms with van der Waals surface area (Å²) in [5, 5.41) is 3.59. The van der Waals surface area contributed by atoms with E-state index in [0.29, 0.717) is 12.6 Å². The predicted octanol–water partition coefficient (Wildman–Crippen LogP) is 4.72. The molecule has 0 heterocycles. The molecule has 0 aliphatic heterocycles. The van der Waals surface area contributed by atoms with E-state index >= 15 is 0 Å². The van der Waals surface area contributed by atoms with Crippen LogP contribution < -0.4 is 10.1 Å². The molecule has 0 aromatic heterocycles. The Kier molecular flexibility index (Phi) is 6.29. The molecule has 0 amide bonds. The molecule has 112 valence electrons. The molecule has 0 bridgehead atoms. The molecule has 21 heavy (non-hydrogen) atoms. The number of benzene rings is 2. The number of ether oxygens (including phenoxy) is 1. The fourth-order valence-corrected chi connectivity index (χ4v) is 2.43. The normalized spacial score (nSPS) is 12.1. The summed E-state index contributed by atoms with van der Waals surface area (Å²) in [6.07, 6.45) is 2.20. The van der Waals surface area contributed by atoms with E-state index in [-0.39, 0.29) is 0 Å². The van der Waals surface area contributed by atoms with Crippen LogP contribution in [0.15, 0.2) is 54.6 Å². The lowest BCUT2D eigenvalue weighted by Crippen LogP contribution is -2.22. The molecule has 2 rings (SSSR count). The third-order valence-electron chi connectivity index (χ3n) is 3.58. The predicted molar refractivity (Wildman–Crippen MR) is 88.5 cm³/mol. The van der Waals surface area contributed by atoms with Gasteiger partial charge in [-0.1, -0.05) is 62.4 Å². The van der Waals surface area contributed by atoms with Gasteiger partial charge in [-0.05, 0) is 31.0 Å². The zero-order valence-electron chi connectivity index (χ0n) is 13.0. The summed E-state index contributed by atoms with van der Waals surface area (Å²) in [5.41, 5.74) is 2.45. The van der Waals surface area contributed by atoms with Crippen LogP contribution in [0, 0.1) is 0 Å². The Morgan fingerprint density at radius 2 is 1.67 bits per heavy atom. The van der Waals surface area contributed by atoms with Crippen molar-refractivity contribution < 1.29 is 4.74 Å². The quantitative estimate of drug-likeness (QED) is 0.757. The molecule has 0 aliphatic carbocycles. The Bertz CT molecular complexity index is 524. The smallest absolute Gasteiger partial charge is 0.124 e. The standard InChI is InChI=1S/C19H25NO/c1-3-14-20-18(4-2)17-12-8-9-13-19(17)21-15-16-10-6-5-7-11-16/h5-13,18,20H,3-4,14-15H2,1-2H3. The first-order chi connectivity index (χ1) is 10.3. The highest BCUT2D eigenvalue weighted by molar-refractivity contribution is 5.36. The molecule has 1 atom stereocenters. The van der Waals surface area contributed by atoms with Gasteiger partial charge in [0, 0.05) is 11.6 Å². The van der Waals surface area contributed by atoms with Gasteiger partial charge < -0.3 is 10.1 Å². The van der Waals surface area contributed by atoms with Gasteiger partial charge in [0.15, 0.2) is 0 Å². The van der Waals surface area contributed by atoms with Crippen molar-refractivity contribution in [2.24, 2.45) is 0 Å². The minimum absolute atomic E-state index is 0.358. The number of hydrogen-bond donors (Lipinski definition) is 1. The molecule has 2 aromatic carbocycles. The summed E-state index contributed by atoms with van der Waals surface area (Å²) in [6, 6.07) is 19.0. The molecule has 2 aromatic rings. The molecule has 1 N–H and O–H groups in total. The number of hydrogen-bond acceptors (Lipinski definition) is 2. The molecule has 0 aliphatic rings. The van der Waals surface area contributed by atoms with E-state index < -0.39 is 0 Å². The van der Waals surface area contributed by atoms with Crippen LogP contribution in [0.3, 0.4) is 0 Å². The first-order valence-electron chi connectivity index (χ1n) is 7.84. The summed E-state index contributed by atoms with van der Waals surface area (Å²) in [5.74, 6) is 0.983. The first-order valence-corrected chi connectivity index (χ1v) is 7.84. The van der Waals surface area contributed by atoms with Crippen LogP contribution in [0.2, 0.25) is 0 Å². The minimum atomic E-state index is 0.358. The maximum atomic E-state index is 6.05. The van der Waals surface area contributed by atoms with Crippen LogP contribution in [0.4, 0.5) is 0 Å². The van der Waals surface area contributed by atoms with Crippen LogP contribution in [-0.4, -0.2) is 6.54 Å². The highest BCUT2D eigenvalue weighted by atomic mass is 16.5. The average molecular weight is 283 g/mol. The van der Waals surface area contributed by atoms with Crippen LogP contribution in [0.5, 0.6) is 5.75 Å². The summed E-state index contributed by atoms with van der Waals surface area (Å²) in [4.78, 5) is 0. The van der Waals surface area contributed by atoms with Gasteiger partial charge >= 0.3 is 0 Å². The summed E-state index contributed by atoms with van der Waals surface area (Å²) in [6.45, 7) is 6.05. The monoisotopic (exact) mass is 283 g/mol. The lowest BCUT2D eigenvalue weighted by Gasteiger charge is -2.20. The fourth-order valence-electron chi connectivity index (χ4n) is 2.43. The second kappa shape index (κ2) is 8.48. The third kappa shape index (κ3) is 4.61. The van der Waals surface area contributed by atoms with Gasteiger partial charge in [-0.25, -0.2) is 0 Å². The molecule has 1 unspecified atom stereocenters. The van der Waals surface area contributed by atoms with Crippen molar-refractivity contribution >= 4 is 0 Å².